The predicted octanol–water partition coefficient (Wildman–Crippen LogP) is 2.67. The number of fused-ring (bicyclic) bond motifs is 3. The van der Waals surface area contributed by atoms with E-state index >= 15 is 0 Å². The average Bonchev–Trinajstić information content (AvgIpc) is 3.29. The SMILES string of the molecule is CC1CCc2c(sc3ncn(CC(=O)NC(=O)NCc4cccs4)c(=O)c23)C1. The van der Waals surface area contributed by atoms with Crippen molar-refractivity contribution in [2.75, 3.05) is 0 Å². The van der Waals surface area contributed by atoms with Crippen LogP contribution in [0.25, 0.3) is 10.2 Å². The summed E-state index contributed by atoms with van der Waals surface area (Å²) in [5.41, 5.74) is 0.866. The lowest BCUT2D eigenvalue weighted by atomic mass is 9.89. The van der Waals surface area contributed by atoms with Gasteiger partial charge in [-0.2, -0.15) is 0 Å². The zero-order chi connectivity index (χ0) is 19.7. The number of aromatic nitrogens is 2. The van der Waals surface area contributed by atoms with Gasteiger partial charge < -0.3 is 5.32 Å². The number of hydrogen-bond acceptors (Lipinski definition) is 6. The van der Waals surface area contributed by atoms with Gasteiger partial charge in [0.2, 0.25) is 5.91 Å². The first-order chi connectivity index (χ1) is 13.5. The van der Waals surface area contributed by atoms with Crippen LogP contribution in [-0.4, -0.2) is 21.5 Å². The lowest BCUT2D eigenvalue weighted by Gasteiger charge is -2.17. The van der Waals surface area contributed by atoms with Crippen molar-refractivity contribution < 1.29 is 9.59 Å². The van der Waals surface area contributed by atoms with E-state index in [0.29, 0.717) is 17.8 Å². The summed E-state index contributed by atoms with van der Waals surface area (Å²) in [6.45, 7) is 2.33. The van der Waals surface area contributed by atoms with Crippen molar-refractivity contribution >= 4 is 44.8 Å². The maximum absolute atomic E-state index is 12.9. The number of thiophene rings is 2. The second kappa shape index (κ2) is 7.84. The highest BCUT2D eigenvalue weighted by Crippen LogP contribution is 2.35. The average molecular weight is 417 g/mol. The number of imide groups is 1. The predicted molar refractivity (Wildman–Crippen MR) is 110 cm³/mol. The quantitative estimate of drug-likeness (QED) is 0.684. The molecule has 3 heterocycles. The summed E-state index contributed by atoms with van der Waals surface area (Å²) >= 11 is 3.09. The smallest absolute Gasteiger partial charge is 0.321 e. The molecule has 0 aliphatic heterocycles. The van der Waals surface area contributed by atoms with E-state index in [1.54, 1.807) is 11.3 Å². The van der Waals surface area contributed by atoms with Crippen LogP contribution in [0.4, 0.5) is 4.79 Å². The van der Waals surface area contributed by atoms with Gasteiger partial charge in [0.05, 0.1) is 18.3 Å². The van der Waals surface area contributed by atoms with Gasteiger partial charge in [-0.1, -0.05) is 13.0 Å². The Kier molecular flexibility index (Phi) is 5.27. The van der Waals surface area contributed by atoms with Crippen LogP contribution < -0.4 is 16.2 Å². The molecule has 0 bridgehead atoms. The number of nitrogens with zero attached hydrogens (tertiary/aromatic N) is 2. The fourth-order valence-corrected chi connectivity index (χ4v) is 5.41. The molecule has 1 aliphatic carbocycles. The highest BCUT2D eigenvalue weighted by atomic mass is 32.1. The van der Waals surface area contributed by atoms with E-state index in [0.717, 1.165) is 34.5 Å². The minimum absolute atomic E-state index is 0.216. The lowest BCUT2D eigenvalue weighted by Crippen LogP contribution is -2.41. The number of rotatable bonds is 4. The normalized spacial score (nSPS) is 16.0. The molecule has 9 heteroatoms. The van der Waals surface area contributed by atoms with Crippen LogP contribution in [0.2, 0.25) is 0 Å². The van der Waals surface area contributed by atoms with E-state index in [1.165, 1.54) is 27.1 Å². The molecule has 2 N–H and O–H groups in total. The Balaban J connectivity index is 1.45. The van der Waals surface area contributed by atoms with Gasteiger partial charge in [-0.15, -0.1) is 22.7 Å². The summed E-state index contributed by atoms with van der Waals surface area (Å²) in [6.07, 6.45) is 4.28. The fraction of sp³-hybridized carbons (Fsp3) is 0.368. The Morgan fingerprint density at radius 3 is 3.04 bits per heavy atom. The first-order valence-electron chi connectivity index (χ1n) is 9.11. The molecule has 3 aromatic heterocycles. The third kappa shape index (κ3) is 3.85. The van der Waals surface area contributed by atoms with E-state index in [4.69, 9.17) is 0 Å². The van der Waals surface area contributed by atoms with Gasteiger partial charge in [-0.05, 0) is 42.2 Å². The van der Waals surface area contributed by atoms with E-state index < -0.39 is 11.9 Å². The van der Waals surface area contributed by atoms with Gasteiger partial charge in [0.25, 0.3) is 5.56 Å². The summed E-state index contributed by atoms with van der Waals surface area (Å²) in [5.74, 6) is 0.0610. The Morgan fingerprint density at radius 2 is 2.25 bits per heavy atom. The number of hydrogen-bond donors (Lipinski definition) is 2. The summed E-state index contributed by atoms with van der Waals surface area (Å²) < 4.78 is 1.27. The van der Waals surface area contributed by atoms with Crippen molar-refractivity contribution in [1.29, 1.82) is 0 Å². The second-order valence-electron chi connectivity index (χ2n) is 7.02. The molecule has 0 radical (unpaired) electrons. The van der Waals surface area contributed by atoms with Crippen LogP contribution in [0.15, 0.2) is 28.6 Å². The molecule has 1 unspecified atom stereocenters. The largest absolute Gasteiger partial charge is 0.333 e. The number of aryl methyl sites for hydroxylation is 1. The van der Waals surface area contributed by atoms with Gasteiger partial charge in [0.15, 0.2) is 0 Å². The van der Waals surface area contributed by atoms with Crippen LogP contribution in [0.1, 0.15) is 28.7 Å². The second-order valence-corrected chi connectivity index (χ2v) is 9.14. The standard InChI is InChI=1S/C19H20N4O3S2/c1-11-4-5-13-14(7-11)28-17-16(13)18(25)23(10-21-17)9-15(24)22-19(26)20-8-12-3-2-6-27-12/h2-3,6,10-11H,4-5,7-9H2,1H3,(H2,20,22,24,26). The number of nitrogens with one attached hydrogen (secondary N) is 2. The molecule has 1 aliphatic rings. The molecule has 7 nitrogen and oxygen atoms in total. The Labute approximate surface area is 169 Å². The van der Waals surface area contributed by atoms with Crippen molar-refractivity contribution in [2.45, 2.75) is 39.3 Å². The number of carbonyl (C=O) groups is 2. The first-order valence-corrected chi connectivity index (χ1v) is 10.8. The number of amides is 3. The van der Waals surface area contributed by atoms with E-state index in [1.807, 2.05) is 17.5 Å². The minimum Gasteiger partial charge on any atom is -0.333 e. The monoisotopic (exact) mass is 416 g/mol. The van der Waals surface area contributed by atoms with Crippen molar-refractivity contribution in [3.63, 3.8) is 0 Å². The van der Waals surface area contributed by atoms with Gasteiger partial charge in [0, 0.05) is 9.75 Å². The Hall–Kier alpha value is -2.52. The first kappa shape index (κ1) is 18.8. The molecular weight excluding hydrogens is 396 g/mol. The van der Waals surface area contributed by atoms with E-state index in [2.05, 4.69) is 22.5 Å². The number of urea groups is 1. The van der Waals surface area contributed by atoms with Crippen LogP contribution in [0.5, 0.6) is 0 Å². The summed E-state index contributed by atoms with van der Waals surface area (Å²) in [7, 11) is 0. The molecule has 3 amide bonds. The molecule has 1 atom stereocenters. The molecule has 0 saturated heterocycles. The maximum Gasteiger partial charge on any atom is 0.321 e. The van der Waals surface area contributed by atoms with E-state index in [-0.39, 0.29) is 12.1 Å². The molecule has 0 aromatic carbocycles. The molecule has 0 fully saturated rings. The molecule has 0 saturated carbocycles. The van der Waals surface area contributed by atoms with Crippen molar-refractivity contribution in [3.8, 4) is 0 Å². The van der Waals surface area contributed by atoms with Crippen LogP contribution in [0, 0.1) is 5.92 Å². The van der Waals surface area contributed by atoms with Crippen LogP contribution in [-0.2, 0) is 30.7 Å². The molecule has 146 valence electrons. The van der Waals surface area contributed by atoms with Crippen LogP contribution >= 0.6 is 22.7 Å². The van der Waals surface area contributed by atoms with Crippen LogP contribution in [0.3, 0.4) is 0 Å². The molecule has 28 heavy (non-hydrogen) atoms. The van der Waals surface area contributed by atoms with Gasteiger partial charge >= 0.3 is 6.03 Å². The Bertz CT molecular complexity index is 1080. The van der Waals surface area contributed by atoms with E-state index in [9.17, 15) is 14.4 Å². The third-order valence-electron chi connectivity index (χ3n) is 4.85. The molecule has 3 aromatic rings. The minimum atomic E-state index is -0.581. The van der Waals surface area contributed by atoms with Gasteiger partial charge in [-0.3, -0.25) is 19.5 Å². The molecule has 0 spiro atoms. The maximum atomic E-state index is 12.9. The van der Waals surface area contributed by atoms with Crippen molar-refractivity contribution in [1.82, 2.24) is 20.2 Å². The Morgan fingerprint density at radius 1 is 1.39 bits per heavy atom. The summed E-state index contributed by atoms with van der Waals surface area (Å²) in [4.78, 5) is 44.3. The van der Waals surface area contributed by atoms with Crippen molar-refractivity contribution in [3.05, 3.63) is 49.5 Å². The highest BCUT2D eigenvalue weighted by molar-refractivity contribution is 7.18. The van der Waals surface area contributed by atoms with Gasteiger partial charge in [-0.25, -0.2) is 9.78 Å². The highest BCUT2D eigenvalue weighted by Gasteiger charge is 2.23. The molecule has 4 rings (SSSR count). The van der Waals surface area contributed by atoms with Crippen molar-refractivity contribution in [2.24, 2.45) is 5.92 Å². The third-order valence-corrected chi connectivity index (χ3v) is 6.89. The lowest BCUT2D eigenvalue weighted by molar-refractivity contribution is -0.120. The fourth-order valence-electron chi connectivity index (χ4n) is 3.42. The zero-order valence-corrected chi connectivity index (χ0v) is 17.0. The van der Waals surface area contributed by atoms with Gasteiger partial charge in [0.1, 0.15) is 11.4 Å². The molecular formula is C19H20N4O3S2. The topological polar surface area (TPSA) is 93.1 Å². The summed E-state index contributed by atoms with van der Waals surface area (Å²) in [5, 5.41) is 7.43. The zero-order valence-electron chi connectivity index (χ0n) is 15.4. The summed E-state index contributed by atoms with van der Waals surface area (Å²) in [6, 6.07) is 3.21. The number of carbonyl (C=O) groups excluding carboxylic acids is 2.